The van der Waals surface area contributed by atoms with E-state index in [4.69, 9.17) is 0 Å². The molecule has 1 unspecified atom stereocenters. The van der Waals surface area contributed by atoms with Crippen LogP contribution in [0.15, 0.2) is 53.8 Å². The van der Waals surface area contributed by atoms with Crippen molar-refractivity contribution in [2.45, 2.75) is 19.2 Å². The van der Waals surface area contributed by atoms with E-state index in [2.05, 4.69) is 10.6 Å². The van der Waals surface area contributed by atoms with Crippen LogP contribution in [0.1, 0.15) is 12.0 Å². The first-order valence-corrected chi connectivity index (χ1v) is 10.9. The van der Waals surface area contributed by atoms with Crippen molar-refractivity contribution in [3.05, 3.63) is 59.3 Å². The second-order valence-corrected chi connectivity index (χ2v) is 8.79. The fourth-order valence-corrected chi connectivity index (χ4v) is 3.39. The molecule has 0 aromatic heterocycles. The van der Waals surface area contributed by atoms with E-state index < -0.39 is 27.9 Å². The van der Waals surface area contributed by atoms with Gasteiger partial charge in [-0.25, -0.2) is 8.42 Å². The van der Waals surface area contributed by atoms with Gasteiger partial charge in [-0.15, -0.1) is 0 Å². The lowest BCUT2D eigenvalue weighted by Gasteiger charge is -2.31. The Morgan fingerprint density at radius 2 is 1.86 bits per heavy atom. The Hall–Kier alpha value is -2.65. The van der Waals surface area contributed by atoms with Crippen molar-refractivity contribution in [1.82, 2.24) is 15.5 Å². The average Bonchev–Trinajstić information content (AvgIpc) is 2.66. The topological polar surface area (TPSA) is 116 Å². The van der Waals surface area contributed by atoms with Crippen LogP contribution in [0, 0.1) is 0 Å². The van der Waals surface area contributed by atoms with E-state index in [0.29, 0.717) is 13.0 Å². The van der Waals surface area contributed by atoms with Crippen LogP contribution in [0.3, 0.4) is 0 Å². The van der Waals surface area contributed by atoms with E-state index in [0.717, 1.165) is 11.8 Å². The van der Waals surface area contributed by atoms with Gasteiger partial charge in [0, 0.05) is 32.6 Å². The van der Waals surface area contributed by atoms with E-state index in [9.17, 15) is 23.1 Å². The molecule has 1 aliphatic rings. The zero-order chi connectivity index (χ0) is 20.7. The number of nitrogens with zero attached hydrogens (tertiary/aromatic N) is 1. The highest BCUT2D eigenvalue weighted by Gasteiger charge is 2.28. The number of aliphatic hydroxyl groups is 1. The van der Waals surface area contributed by atoms with Gasteiger partial charge in [0.2, 0.25) is 0 Å². The number of carbonyl (C=O) groups excluding carboxylic acids is 2. The van der Waals surface area contributed by atoms with Crippen LogP contribution in [-0.2, 0) is 26.0 Å². The van der Waals surface area contributed by atoms with E-state index in [1.165, 1.54) is 24.2 Å². The number of nitrogens with one attached hydrogen (secondary N) is 2. The number of carbonyl (C=O) groups is 2. The second-order valence-electron chi connectivity index (χ2n) is 6.53. The van der Waals surface area contributed by atoms with Crippen molar-refractivity contribution in [3.63, 3.8) is 0 Å². The fraction of sp³-hybridized carbons (Fsp3) is 0.368. The molecule has 28 heavy (non-hydrogen) atoms. The lowest BCUT2D eigenvalue weighted by molar-refractivity contribution is -0.119. The van der Waals surface area contributed by atoms with Gasteiger partial charge in [0.05, 0.1) is 16.9 Å². The number of hydrogen-bond acceptors (Lipinski definition) is 6. The first-order valence-electron chi connectivity index (χ1n) is 8.80. The van der Waals surface area contributed by atoms with Crippen molar-refractivity contribution in [1.29, 1.82) is 0 Å². The lowest BCUT2D eigenvalue weighted by Crippen LogP contribution is -2.41. The maximum absolute atomic E-state index is 12.5. The summed E-state index contributed by atoms with van der Waals surface area (Å²) in [6.45, 7) is 0.495. The number of rotatable bonds is 8. The number of hydrogen-bond donors (Lipinski definition) is 3. The largest absolute Gasteiger partial charge is 0.369 e. The van der Waals surface area contributed by atoms with Crippen LogP contribution in [-0.4, -0.2) is 62.1 Å². The molecule has 0 saturated heterocycles. The number of aliphatic hydroxyl groups excluding tert-OH is 1. The molecule has 1 aromatic rings. The molecule has 1 aliphatic heterocycles. The predicted octanol–water partition coefficient (Wildman–Crippen LogP) is -0.0722. The molecule has 0 fully saturated rings. The third kappa shape index (κ3) is 6.21. The Morgan fingerprint density at radius 3 is 2.46 bits per heavy atom. The van der Waals surface area contributed by atoms with Crippen molar-refractivity contribution < 1.29 is 23.1 Å². The molecule has 8 nitrogen and oxygen atoms in total. The molecule has 1 aromatic carbocycles. The molecule has 0 saturated carbocycles. The molecule has 0 radical (unpaired) electrons. The summed E-state index contributed by atoms with van der Waals surface area (Å²) >= 11 is 0. The maximum atomic E-state index is 12.5. The molecule has 152 valence electrons. The molecule has 2 amide bonds. The van der Waals surface area contributed by atoms with E-state index >= 15 is 0 Å². The minimum absolute atomic E-state index is 0.0233. The highest BCUT2D eigenvalue weighted by atomic mass is 32.2. The Bertz CT molecular complexity index is 878. The highest BCUT2D eigenvalue weighted by molar-refractivity contribution is 7.90. The van der Waals surface area contributed by atoms with Gasteiger partial charge >= 0.3 is 0 Å². The van der Waals surface area contributed by atoms with Gasteiger partial charge < -0.3 is 20.6 Å². The minimum atomic E-state index is -3.09. The number of sulfone groups is 1. The normalized spacial score (nSPS) is 16.8. The Morgan fingerprint density at radius 1 is 1.18 bits per heavy atom. The number of benzene rings is 1. The van der Waals surface area contributed by atoms with Gasteiger partial charge in [-0.1, -0.05) is 30.3 Å². The number of amides is 2. The van der Waals surface area contributed by atoms with E-state index in [1.54, 1.807) is 0 Å². The molecule has 1 heterocycles. The summed E-state index contributed by atoms with van der Waals surface area (Å²) in [4.78, 5) is 26.1. The van der Waals surface area contributed by atoms with Crippen molar-refractivity contribution in [3.8, 4) is 0 Å². The Labute approximate surface area is 164 Å². The predicted molar refractivity (Wildman–Crippen MR) is 106 cm³/mol. The van der Waals surface area contributed by atoms with Crippen LogP contribution in [0.25, 0.3) is 0 Å². The average molecular weight is 407 g/mol. The number of likely N-dealkylation sites (N-methyl/N-ethyl adjacent to an activating group) is 1. The van der Waals surface area contributed by atoms with Gasteiger partial charge in [-0.05, 0) is 18.1 Å². The Balaban J connectivity index is 2.15. The highest BCUT2D eigenvalue weighted by Crippen LogP contribution is 2.22. The van der Waals surface area contributed by atoms with Crippen molar-refractivity contribution in [2.75, 3.05) is 25.6 Å². The van der Waals surface area contributed by atoms with Crippen LogP contribution >= 0.6 is 0 Å². The Kier molecular flexibility index (Phi) is 7.36. The molecule has 2 rings (SSSR count). The first kappa shape index (κ1) is 21.6. The summed E-state index contributed by atoms with van der Waals surface area (Å²) in [7, 11) is -1.65. The quantitative estimate of drug-likeness (QED) is 0.520. The molecular formula is C19H25N3O5S. The summed E-state index contributed by atoms with van der Waals surface area (Å²) < 4.78 is 22.3. The molecule has 3 N–H and O–H groups in total. The third-order valence-electron chi connectivity index (χ3n) is 4.15. The molecular weight excluding hydrogens is 382 g/mol. The van der Waals surface area contributed by atoms with Gasteiger partial charge in [0.1, 0.15) is 9.84 Å². The summed E-state index contributed by atoms with van der Waals surface area (Å²) in [5.41, 5.74) is 1.17. The second kappa shape index (κ2) is 9.52. The van der Waals surface area contributed by atoms with Gasteiger partial charge in [0.15, 0.2) is 6.23 Å². The minimum Gasteiger partial charge on any atom is -0.369 e. The van der Waals surface area contributed by atoms with Crippen LogP contribution in [0.2, 0.25) is 0 Å². The maximum Gasteiger partial charge on any atom is 0.252 e. The zero-order valence-electron chi connectivity index (χ0n) is 15.9. The van der Waals surface area contributed by atoms with E-state index in [-0.39, 0.29) is 23.4 Å². The monoisotopic (exact) mass is 407 g/mol. The van der Waals surface area contributed by atoms with Gasteiger partial charge in [0.25, 0.3) is 11.8 Å². The summed E-state index contributed by atoms with van der Waals surface area (Å²) in [6, 6.07) is 9.35. The molecule has 0 spiro atoms. The van der Waals surface area contributed by atoms with Crippen molar-refractivity contribution >= 4 is 21.7 Å². The zero-order valence-corrected chi connectivity index (χ0v) is 16.7. The molecule has 0 bridgehead atoms. The summed E-state index contributed by atoms with van der Waals surface area (Å²) in [5.74, 6) is -0.953. The summed E-state index contributed by atoms with van der Waals surface area (Å²) in [5, 5.41) is 15.7. The first-order chi connectivity index (χ1) is 13.2. The standard InChI is InChI=1S/C19H25N3O5S/c1-20-18(24)16-11-15(17(23)21-9-6-10-28(2,26)27)13-22(19(16)25)12-14-7-4-3-5-8-14/h3-5,7-8,11,13,19,25H,6,9-10,12H2,1-2H3,(H,20,24)(H,21,23). The molecule has 0 aliphatic carbocycles. The lowest BCUT2D eigenvalue weighted by atomic mass is 10.0. The fourth-order valence-electron chi connectivity index (χ4n) is 2.72. The van der Waals surface area contributed by atoms with E-state index in [1.807, 2.05) is 30.3 Å². The smallest absolute Gasteiger partial charge is 0.252 e. The van der Waals surface area contributed by atoms with Gasteiger partial charge in [-0.3, -0.25) is 9.59 Å². The SMILES string of the molecule is CNC(=O)C1=CC(C(=O)NCCCS(C)(=O)=O)=CN(Cc2ccccc2)C1O. The summed E-state index contributed by atoms with van der Waals surface area (Å²) in [6.07, 6.45) is 3.08. The third-order valence-corrected chi connectivity index (χ3v) is 5.18. The van der Waals surface area contributed by atoms with Crippen LogP contribution < -0.4 is 10.6 Å². The molecule has 1 atom stereocenters. The van der Waals surface area contributed by atoms with Gasteiger partial charge in [-0.2, -0.15) is 0 Å². The van der Waals surface area contributed by atoms with Crippen molar-refractivity contribution in [2.24, 2.45) is 0 Å². The molecule has 9 heteroatoms. The van der Waals surface area contributed by atoms with Crippen LogP contribution in [0.5, 0.6) is 0 Å². The van der Waals surface area contributed by atoms with Crippen LogP contribution in [0.4, 0.5) is 0 Å².